The smallest absolute Gasteiger partial charge is 0.244 e. The monoisotopic (exact) mass is 336 g/mol. The lowest BCUT2D eigenvalue weighted by Crippen LogP contribution is -2.20. The Morgan fingerprint density at radius 1 is 1.36 bits per heavy atom. The van der Waals surface area contributed by atoms with Gasteiger partial charge in [0.2, 0.25) is 5.91 Å². The quantitative estimate of drug-likeness (QED) is 0.511. The molecular formula is C16H14ClFN2OS. The van der Waals surface area contributed by atoms with E-state index in [2.05, 4.69) is 10.5 Å². The molecule has 0 aromatic heterocycles. The fourth-order valence-corrected chi connectivity index (χ4v) is 2.66. The van der Waals surface area contributed by atoms with E-state index < -0.39 is 0 Å². The maximum Gasteiger partial charge on any atom is 0.244 e. The maximum atomic E-state index is 13.0. The van der Waals surface area contributed by atoms with E-state index in [0.29, 0.717) is 10.6 Å². The Labute approximate surface area is 137 Å². The van der Waals surface area contributed by atoms with E-state index in [1.165, 1.54) is 18.3 Å². The van der Waals surface area contributed by atoms with Crippen LogP contribution in [0, 0.1) is 5.82 Å². The Morgan fingerprint density at radius 3 is 2.91 bits per heavy atom. The van der Waals surface area contributed by atoms with Crippen LogP contribution in [-0.4, -0.2) is 18.4 Å². The van der Waals surface area contributed by atoms with Gasteiger partial charge in [-0.2, -0.15) is 5.10 Å². The maximum absolute atomic E-state index is 13.0. The highest BCUT2D eigenvalue weighted by atomic mass is 35.5. The summed E-state index contributed by atoms with van der Waals surface area (Å²) in [5, 5.41) is 4.41. The van der Waals surface area contributed by atoms with E-state index in [4.69, 9.17) is 11.6 Å². The van der Waals surface area contributed by atoms with Crippen molar-refractivity contribution >= 4 is 35.5 Å². The summed E-state index contributed by atoms with van der Waals surface area (Å²) in [7, 11) is 0. The van der Waals surface area contributed by atoms with Crippen molar-refractivity contribution in [2.45, 2.75) is 11.3 Å². The van der Waals surface area contributed by atoms with Crippen LogP contribution in [-0.2, 0) is 11.2 Å². The van der Waals surface area contributed by atoms with Crippen LogP contribution >= 0.6 is 23.4 Å². The predicted molar refractivity (Wildman–Crippen MR) is 89.1 cm³/mol. The number of carbonyl (C=O) groups excluding carboxylic acids is 1. The van der Waals surface area contributed by atoms with Crippen LogP contribution in [0.25, 0.3) is 0 Å². The van der Waals surface area contributed by atoms with Gasteiger partial charge in [-0.25, -0.2) is 9.82 Å². The zero-order valence-electron chi connectivity index (χ0n) is 11.8. The highest BCUT2D eigenvalue weighted by Gasteiger charge is 2.08. The molecule has 0 fully saturated rings. The number of nitrogens with one attached hydrogen (secondary N) is 1. The van der Waals surface area contributed by atoms with Crippen LogP contribution in [0.1, 0.15) is 11.1 Å². The molecule has 2 aromatic rings. The van der Waals surface area contributed by atoms with Crippen molar-refractivity contribution in [1.29, 1.82) is 0 Å². The highest BCUT2D eigenvalue weighted by Crippen LogP contribution is 2.24. The predicted octanol–water partition coefficient (Wildman–Crippen LogP) is 3.89. The summed E-state index contributed by atoms with van der Waals surface area (Å²) in [5.41, 5.74) is 3.85. The third kappa shape index (κ3) is 4.86. The molecule has 2 rings (SSSR count). The zero-order chi connectivity index (χ0) is 15.9. The van der Waals surface area contributed by atoms with E-state index >= 15 is 0 Å². The molecule has 6 heteroatoms. The SMILES string of the molecule is CSc1ccc(Cl)cc1CC(=O)N/N=C\c1cccc(F)c1. The standard InChI is InChI=1S/C16H14ClFN2OS/c1-22-15-6-5-13(17)8-12(15)9-16(21)20-19-10-11-3-2-4-14(18)7-11/h2-8,10H,9H2,1H3,(H,20,21)/b19-10-. The van der Waals surface area contributed by atoms with Crippen LogP contribution in [0.4, 0.5) is 4.39 Å². The summed E-state index contributed by atoms with van der Waals surface area (Å²) in [6, 6.07) is 11.4. The molecule has 0 spiro atoms. The first-order chi connectivity index (χ1) is 10.6. The summed E-state index contributed by atoms with van der Waals surface area (Å²) in [5.74, 6) is -0.607. The van der Waals surface area contributed by atoms with Gasteiger partial charge in [-0.3, -0.25) is 4.79 Å². The van der Waals surface area contributed by atoms with Gasteiger partial charge in [0.1, 0.15) is 5.82 Å². The molecule has 114 valence electrons. The Kier molecular flexibility index (Phi) is 5.98. The minimum atomic E-state index is -0.348. The average molecular weight is 337 g/mol. The average Bonchev–Trinajstić information content (AvgIpc) is 2.47. The molecule has 0 aliphatic rings. The molecule has 1 amide bonds. The van der Waals surface area contributed by atoms with Crippen molar-refractivity contribution < 1.29 is 9.18 Å². The van der Waals surface area contributed by atoms with E-state index in [-0.39, 0.29) is 18.1 Å². The van der Waals surface area contributed by atoms with Gasteiger partial charge in [0.05, 0.1) is 12.6 Å². The molecule has 0 saturated heterocycles. The fourth-order valence-electron chi connectivity index (χ4n) is 1.86. The van der Waals surface area contributed by atoms with Crippen LogP contribution in [0.2, 0.25) is 5.02 Å². The van der Waals surface area contributed by atoms with E-state index in [0.717, 1.165) is 10.5 Å². The molecule has 22 heavy (non-hydrogen) atoms. The van der Waals surface area contributed by atoms with Crippen LogP contribution in [0.5, 0.6) is 0 Å². The summed E-state index contributed by atoms with van der Waals surface area (Å²) in [6.07, 6.45) is 3.51. The van der Waals surface area contributed by atoms with Gasteiger partial charge in [0.15, 0.2) is 0 Å². The van der Waals surface area contributed by atoms with E-state index in [1.807, 2.05) is 12.3 Å². The minimum absolute atomic E-state index is 0.178. The summed E-state index contributed by atoms with van der Waals surface area (Å²) >= 11 is 7.50. The molecule has 0 unspecified atom stereocenters. The summed E-state index contributed by atoms with van der Waals surface area (Å²) < 4.78 is 13.0. The van der Waals surface area contributed by atoms with Crippen molar-refractivity contribution in [3.8, 4) is 0 Å². The number of hydrazone groups is 1. The van der Waals surface area contributed by atoms with Crippen LogP contribution in [0.15, 0.2) is 52.5 Å². The molecule has 0 radical (unpaired) electrons. The summed E-state index contributed by atoms with van der Waals surface area (Å²) in [4.78, 5) is 12.9. The van der Waals surface area contributed by atoms with E-state index in [1.54, 1.807) is 36.0 Å². The number of benzene rings is 2. The van der Waals surface area contributed by atoms with Gasteiger partial charge < -0.3 is 0 Å². The van der Waals surface area contributed by atoms with Gasteiger partial charge in [0, 0.05) is 9.92 Å². The number of halogens is 2. The van der Waals surface area contributed by atoms with Crippen LogP contribution < -0.4 is 5.43 Å². The second-order valence-corrected chi connectivity index (χ2v) is 5.77. The van der Waals surface area contributed by atoms with Gasteiger partial charge >= 0.3 is 0 Å². The first-order valence-electron chi connectivity index (χ1n) is 6.48. The summed E-state index contributed by atoms with van der Waals surface area (Å²) in [6.45, 7) is 0. The number of nitrogens with zero attached hydrogens (tertiary/aromatic N) is 1. The third-order valence-electron chi connectivity index (χ3n) is 2.85. The minimum Gasteiger partial charge on any atom is -0.273 e. The largest absolute Gasteiger partial charge is 0.273 e. The number of thioether (sulfide) groups is 1. The van der Waals surface area contributed by atoms with Crippen molar-refractivity contribution in [1.82, 2.24) is 5.43 Å². The number of hydrogen-bond acceptors (Lipinski definition) is 3. The lowest BCUT2D eigenvalue weighted by Gasteiger charge is -2.06. The van der Waals surface area contributed by atoms with Crippen molar-refractivity contribution in [2.24, 2.45) is 5.10 Å². The normalized spacial score (nSPS) is 10.9. The molecule has 0 aliphatic carbocycles. The molecule has 0 saturated carbocycles. The molecule has 0 heterocycles. The molecule has 0 bridgehead atoms. The first kappa shape index (κ1) is 16.5. The molecule has 1 N–H and O–H groups in total. The molecule has 0 aliphatic heterocycles. The van der Waals surface area contributed by atoms with Gasteiger partial charge in [-0.05, 0) is 47.7 Å². The lowest BCUT2D eigenvalue weighted by molar-refractivity contribution is -0.120. The molecule has 0 atom stereocenters. The van der Waals surface area contributed by atoms with Crippen molar-refractivity contribution in [3.05, 3.63) is 64.4 Å². The first-order valence-corrected chi connectivity index (χ1v) is 8.08. The van der Waals surface area contributed by atoms with Crippen molar-refractivity contribution in [2.75, 3.05) is 6.26 Å². The second-order valence-electron chi connectivity index (χ2n) is 4.48. The highest BCUT2D eigenvalue weighted by molar-refractivity contribution is 7.98. The number of carbonyl (C=O) groups is 1. The molecule has 3 nitrogen and oxygen atoms in total. The Morgan fingerprint density at radius 2 is 2.18 bits per heavy atom. The van der Waals surface area contributed by atoms with Gasteiger partial charge in [0.25, 0.3) is 0 Å². The van der Waals surface area contributed by atoms with Crippen molar-refractivity contribution in [3.63, 3.8) is 0 Å². The zero-order valence-corrected chi connectivity index (χ0v) is 13.4. The van der Waals surface area contributed by atoms with Gasteiger partial charge in [-0.1, -0.05) is 23.7 Å². The lowest BCUT2D eigenvalue weighted by atomic mass is 10.1. The fraction of sp³-hybridized carbons (Fsp3) is 0.125. The number of hydrogen-bond donors (Lipinski definition) is 1. The van der Waals surface area contributed by atoms with Crippen LogP contribution in [0.3, 0.4) is 0 Å². The molecule has 2 aromatic carbocycles. The second kappa shape index (κ2) is 7.96. The third-order valence-corrected chi connectivity index (χ3v) is 3.92. The topological polar surface area (TPSA) is 41.5 Å². The van der Waals surface area contributed by atoms with Gasteiger partial charge in [-0.15, -0.1) is 11.8 Å². The molecular weight excluding hydrogens is 323 g/mol. The van der Waals surface area contributed by atoms with E-state index in [9.17, 15) is 9.18 Å². The Balaban J connectivity index is 1.97. The Hall–Kier alpha value is -1.85. The number of amides is 1. The Bertz CT molecular complexity index is 706. The number of rotatable bonds is 5.